The molecule has 2 heterocycles. The molecule has 0 fully saturated rings. The first kappa shape index (κ1) is 21.8. The Morgan fingerprint density at radius 1 is 1.06 bits per heavy atom. The van der Waals surface area contributed by atoms with Crippen molar-refractivity contribution in [1.29, 1.82) is 0 Å². The Morgan fingerprint density at radius 3 is 2.62 bits per heavy atom. The summed E-state index contributed by atoms with van der Waals surface area (Å²) in [6.45, 7) is 4.50. The summed E-state index contributed by atoms with van der Waals surface area (Å²) in [5, 5.41) is 3.79. The van der Waals surface area contributed by atoms with Crippen LogP contribution in [0.2, 0.25) is 0 Å². The molecule has 32 heavy (non-hydrogen) atoms. The number of fused-ring (bicyclic) bond motifs is 3. The van der Waals surface area contributed by atoms with Gasteiger partial charge >= 0.3 is 0 Å². The van der Waals surface area contributed by atoms with E-state index in [2.05, 4.69) is 15.3 Å². The zero-order chi connectivity index (χ0) is 22.8. The number of hydrogen-bond donors (Lipinski definition) is 3. The fourth-order valence-electron chi connectivity index (χ4n) is 3.79. The minimum atomic E-state index is -0.168. The number of methoxy groups -OCH3 is 1. The molecule has 0 aliphatic carbocycles. The molecular formula is C24H26N4O3S. The number of amides is 1. The quantitative estimate of drug-likeness (QED) is 0.274. The van der Waals surface area contributed by atoms with Crippen molar-refractivity contribution in [2.45, 2.75) is 39.7 Å². The number of aromatic amines is 2. The molecule has 166 valence electrons. The minimum absolute atomic E-state index is 0.0363. The molecule has 2 aromatic carbocycles. The van der Waals surface area contributed by atoms with E-state index < -0.39 is 0 Å². The van der Waals surface area contributed by atoms with Gasteiger partial charge < -0.3 is 20.0 Å². The third-order valence-corrected chi connectivity index (χ3v) is 6.09. The molecule has 2 aromatic heterocycles. The summed E-state index contributed by atoms with van der Waals surface area (Å²) < 4.78 is 7.20. The van der Waals surface area contributed by atoms with Gasteiger partial charge in [0.25, 0.3) is 5.56 Å². The Labute approximate surface area is 190 Å². The molecule has 1 amide bonds. The smallest absolute Gasteiger partial charge is 0.278 e. The summed E-state index contributed by atoms with van der Waals surface area (Å²) in [5.41, 5.74) is 4.96. The van der Waals surface area contributed by atoms with E-state index in [9.17, 15) is 9.59 Å². The van der Waals surface area contributed by atoms with E-state index in [0.717, 1.165) is 22.2 Å². The lowest BCUT2D eigenvalue weighted by molar-refractivity contribution is -0.116. The Balaban J connectivity index is 1.43. The summed E-state index contributed by atoms with van der Waals surface area (Å²) >= 11 is 5.45. The molecule has 0 bridgehead atoms. The van der Waals surface area contributed by atoms with Gasteiger partial charge in [0.15, 0.2) is 4.77 Å². The molecule has 8 heteroatoms. The van der Waals surface area contributed by atoms with Gasteiger partial charge in [0.1, 0.15) is 11.3 Å². The number of H-pyrrole nitrogens is 2. The van der Waals surface area contributed by atoms with Gasteiger partial charge in [-0.15, -0.1) is 0 Å². The summed E-state index contributed by atoms with van der Waals surface area (Å²) in [6, 6.07) is 11.5. The lowest BCUT2D eigenvalue weighted by Gasteiger charge is -2.09. The van der Waals surface area contributed by atoms with Gasteiger partial charge in [-0.3, -0.25) is 14.2 Å². The van der Waals surface area contributed by atoms with Crippen molar-refractivity contribution in [3.05, 3.63) is 62.6 Å². The van der Waals surface area contributed by atoms with Crippen LogP contribution in [-0.2, 0) is 11.3 Å². The maximum absolute atomic E-state index is 13.0. The minimum Gasteiger partial charge on any atom is -0.497 e. The SMILES string of the molecule is COc1ccc2[nH]c3c(=O)n(CCCCC(=O)Nc4ccc(C)c(C)c4)c(=S)[nH]c3c2c1. The van der Waals surface area contributed by atoms with Crippen LogP contribution in [0.4, 0.5) is 5.69 Å². The molecule has 0 aliphatic rings. The number of carbonyl (C=O) groups is 1. The third kappa shape index (κ3) is 4.31. The van der Waals surface area contributed by atoms with Crippen molar-refractivity contribution in [3.63, 3.8) is 0 Å². The maximum atomic E-state index is 13.0. The van der Waals surface area contributed by atoms with Gasteiger partial charge in [-0.2, -0.15) is 0 Å². The van der Waals surface area contributed by atoms with E-state index in [1.54, 1.807) is 11.7 Å². The van der Waals surface area contributed by atoms with Crippen LogP contribution < -0.4 is 15.6 Å². The topological polar surface area (TPSA) is 91.9 Å². The van der Waals surface area contributed by atoms with Gasteiger partial charge in [0.2, 0.25) is 5.91 Å². The Hall–Kier alpha value is -3.39. The number of benzene rings is 2. The van der Waals surface area contributed by atoms with Crippen LogP contribution in [0.1, 0.15) is 30.4 Å². The van der Waals surface area contributed by atoms with Gasteiger partial charge in [-0.1, -0.05) is 6.07 Å². The van der Waals surface area contributed by atoms with E-state index in [0.29, 0.717) is 47.4 Å². The number of nitrogens with one attached hydrogen (secondary N) is 3. The highest BCUT2D eigenvalue weighted by Crippen LogP contribution is 2.26. The van der Waals surface area contributed by atoms with Crippen molar-refractivity contribution < 1.29 is 9.53 Å². The van der Waals surface area contributed by atoms with Crippen LogP contribution in [0.15, 0.2) is 41.2 Å². The molecule has 4 aromatic rings. The molecule has 0 aliphatic heterocycles. The molecule has 0 radical (unpaired) electrons. The zero-order valence-electron chi connectivity index (χ0n) is 18.4. The number of ether oxygens (including phenoxy) is 1. The standard InChI is InChI=1S/C24H26N4O3S/c1-14-7-8-16(12-15(14)2)25-20(29)6-4-5-11-28-23(30)22-21(27-24(28)32)18-13-17(31-3)9-10-19(18)26-22/h7-10,12-13,26H,4-6,11H2,1-3H3,(H,25,29)(H,27,32). The summed E-state index contributed by atoms with van der Waals surface area (Å²) in [6.07, 6.45) is 1.70. The number of nitrogens with zero attached hydrogens (tertiary/aromatic N) is 1. The monoisotopic (exact) mass is 450 g/mol. The van der Waals surface area contributed by atoms with E-state index in [4.69, 9.17) is 17.0 Å². The number of hydrogen-bond acceptors (Lipinski definition) is 4. The second kappa shape index (κ2) is 9.00. The van der Waals surface area contributed by atoms with Crippen molar-refractivity contribution in [2.24, 2.45) is 0 Å². The lowest BCUT2D eigenvalue weighted by atomic mass is 10.1. The lowest BCUT2D eigenvalue weighted by Crippen LogP contribution is -2.22. The predicted octanol–water partition coefficient (Wildman–Crippen LogP) is 4.97. The highest BCUT2D eigenvalue weighted by molar-refractivity contribution is 7.71. The predicted molar refractivity (Wildman–Crippen MR) is 130 cm³/mol. The Morgan fingerprint density at radius 2 is 1.88 bits per heavy atom. The van der Waals surface area contributed by atoms with Crippen molar-refractivity contribution in [3.8, 4) is 5.75 Å². The molecule has 0 spiro atoms. The number of unbranched alkanes of at least 4 members (excludes halogenated alkanes) is 1. The van der Waals surface area contributed by atoms with E-state index >= 15 is 0 Å². The van der Waals surface area contributed by atoms with Crippen molar-refractivity contribution in [1.82, 2.24) is 14.5 Å². The van der Waals surface area contributed by atoms with Crippen LogP contribution in [-0.4, -0.2) is 27.6 Å². The summed E-state index contributed by atoms with van der Waals surface area (Å²) in [4.78, 5) is 31.7. The number of aromatic nitrogens is 3. The first-order chi connectivity index (χ1) is 15.4. The molecular weight excluding hydrogens is 424 g/mol. The van der Waals surface area contributed by atoms with Crippen molar-refractivity contribution in [2.75, 3.05) is 12.4 Å². The largest absolute Gasteiger partial charge is 0.497 e. The van der Waals surface area contributed by atoms with E-state index in [1.165, 1.54) is 5.56 Å². The van der Waals surface area contributed by atoms with Gasteiger partial charge in [0, 0.05) is 29.6 Å². The molecule has 4 rings (SSSR count). The third-order valence-electron chi connectivity index (χ3n) is 5.77. The normalized spacial score (nSPS) is 11.2. The average molecular weight is 451 g/mol. The number of carbonyl (C=O) groups excluding carboxylic acids is 1. The first-order valence-electron chi connectivity index (χ1n) is 10.6. The van der Waals surface area contributed by atoms with E-state index in [1.807, 2.05) is 50.2 Å². The zero-order valence-corrected chi connectivity index (χ0v) is 19.2. The number of rotatable bonds is 7. The average Bonchev–Trinajstić information content (AvgIpc) is 3.13. The van der Waals surface area contributed by atoms with Crippen LogP contribution >= 0.6 is 12.2 Å². The van der Waals surface area contributed by atoms with Crippen LogP contribution in [0, 0.1) is 18.6 Å². The van der Waals surface area contributed by atoms with Crippen LogP contribution in [0.5, 0.6) is 5.75 Å². The highest BCUT2D eigenvalue weighted by atomic mass is 32.1. The number of anilines is 1. The van der Waals surface area contributed by atoms with Crippen LogP contribution in [0.25, 0.3) is 21.9 Å². The summed E-state index contributed by atoms with van der Waals surface area (Å²) in [5.74, 6) is 0.673. The Bertz CT molecular complexity index is 1430. The fourth-order valence-corrected chi connectivity index (χ4v) is 4.07. The maximum Gasteiger partial charge on any atom is 0.278 e. The van der Waals surface area contributed by atoms with Crippen molar-refractivity contribution >= 4 is 45.7 Å². The molecule has 0 saturated carbocycles. The van der Waals surface area contributed by atoms with E-state index in [-0.39, 0.29) is 11.5 Å². The fraction of sp³-hybridized carbons (Fsp3) is 0.292. The van der Waals surface area contributed by atoms with Crippen LogP contribution in [0.3, 0.4) is 0 Å². The molecule has 0 unspecified atom stereocenters. The highest BCUT2D eigenvalue weighted by Gasteiger charge is 2.12. The second-order valence-electron chi connectivity index (χ2n) is 7.98. The number of aryl methyl sites for hydroxylation is 2. The summed E-state index contributed by atoms with van der Waals surface area (Å²) in [7, 11) is 1.60. The van der Waals surface area contributed by atoms with Gasteiger partial charge in [-0.25, -0.2) is 0 Å². The second-order valence-corrected chi connectivity index (χ2v) is 8.36. The van der Waals surface area contributed by atoms with Gasteiger partial charge in [-0.05, 0) is 80.4 Å². The van der Waals surface area contributed by atoms with Gasteiger partial charge in [0.05, 0.1) is 12.6 Å². The molecule has 7 nitrogen and oxygen atoms in total. The Kier molecular flexibility index (Phi) is 6.14. The molecule has 0 atom stereocenters. The molecule has 0 saturated heterocycles. The molecule has 3 N–H and O–H groups in total. The first-order valence-corrected chi connectivity index (χ1v) is 11.0.